The summed E-state index contributed by atoms with van der Waals surface area (Å²) in [6.07, 6.45) is 1.95. The van der Waals surface area contributed by atoms with E-state index in [1.165, 1.54) is 16.7 Å². The predicted octanol–water partition coefficient (Wildman–Crippen LogP) is 3.76. The van der Waals surface area contributed by atoms with Gasteiger partial charge >= 0.3 is 0 Å². The van der Waals surface area contributed by atoms with Crippen LogP contribution in [0.3, 0.4) is 0 Å². The van der Waals surface area contributed by atoms with Gasteiger partial charge in [-0.05, 0) is 41.2 Å². The van der Waals surface area contributed by atoms with E-state index in [2.05, 4.69) is 29.2 Å². The van der Waals surface area contributed by atoms with Crippen LogP contribution in [-0.4, -0.2) is 36.1 Å². The van der Waals surface area contributed by atoms with Crippen molar-refractivity contribution in [2.45, 2.75) is 18.9 Å². The number of hydrogen-bond donors (Lipinski definition) is 1. The lowest BCUT2D eigenvalue weighted by molar-refractivity contribution is 0.194. The van der Waals surface area contributed by atoms with Crippen LogP contribution in [0.5, 0.6) is 11.5 Å². The number of phenolic OH excluding ortho intramolecular Hbond substituents is 1. The van der Waals surface area contributed by atoms with Crippen LogP contribution in [0.25, 0.3) is 11.1 Å². The molecule has 3 nitrogen and oxygen atoms in total. The van der Waals surface area contributed by atoms with Crippen molar-refractivity contribution in [2.75, 3.05) is 26.1 Å². The fourth-order valence-electron chi connectivity index (χ4n) is 4.11. The summed E-state index contributed by atoms with van der Waals surface area (Å²) >= 11 is 6.01. The van der Waals surface area contributed by atoms with Crippen molar-refractivity contribution in [1.29, 1.82) is 0 Å². The molecule has 2 aromatic carbocycles. The monoisotopic (exact) mass is 329 g/mol. The fourth-order valence-corrected chi connectivity index (χ4v) is 4.33. The quantitative estimate of drug-likeness (QED) is 0.870. The summed E-state index contributed by atoms with van der Waals surface area (Å²) in [5.41, 5.74) is 6.01. The van der Waals surface area contributed by atoms with Gasteiger partial charge in [-0.2, -0.15) is 0 Å². The highest BCUT2D eigenvalue weighted by Gasteiger charge is 2.35. The van der Waals surface area contributed by atoms with Gasteiger partial charge in [-0.1, -0.05) is 24.3 Å². The number of nitrogens with zero attached hydrogens (tertiary/aromatic N) is 1. The molecule has 1 aliphatic heterocycles. The van der Waals surface area contributed by atoms with Crippen LogP contribution in [0.2, 0.25) is 0 Å². The molecule has 0 spiro atoms. The molecule has 0 amide bonds. The van der Waals surface area contributed by atoms with Gasteiger partial charge in [-0.25, -0.2) is 0 Å². The van der Waals surface area contributed by atoms with Crippen molar-refractivity contribution in [3.05, 3.63) is 47.0 Å². The SMILES string of the molecule is COc1ccc2c(c1O)-c1cccc3c1[C@H](C2)N(CCCl)CC3. The van der Waals surface area contributed by atoms with Crippen LogP contribution >= 0.6 is 11.6 Å². The van der Waals surface area contributed by atoms with Crippen LogP contribution in [0.1, 0.15) is 22.7 Å². The first-order valence-electron chi connectivity index (χ1n) is 8.05. The molecule has 0 aromatic heterocycles. The Labute approximate surface area is 141 Å². The topological polar surface area (TPSA) is 32.7 Å². The van der Waals surface area contributed by atoms with Gasteiger partial charge in [0.05, 0.1) is 7.11 Å². The van der Waals surface area contributed by atoms with Crippen molar-refractivity contribution in [3.8, 4) is 22.6 Å². The van der Waals surface area contributed by atoms with Gasteiger partial charge in [-0.3, -0.25) is 4.90 Å². The number of methoxy groups -OCH3 is 1. The number of benzene rings is 2. The van der Waals surface area contributed by atoms with Crippen LogP contribution in [0.15, 0.2) is 30.3 Å². The largest absolute Gasteiger partial charge is 0.504 e. The van der Waals surface area contributed by atoms with Gasteiger partial charge in [0, 0.05) is 30.6 Å². The van der Waals surface area contributed by atoms with Crippen molar-refractivity contribution >= 4 is 11.6 Å². The number of fused-ring (bicyclic) bond motifs is 2. The molecule has 0 fully saturated rings. The summed E-state index contributed by atoms with van der Waals surface area (Å²) in [5.74, 6) is 1.44. The van der Waals surface area contributed by atoms with Crippen molar-refractivity contribution in [3.63, 3.8) is 0 Å². The summed E-state index contributed by atoms with van der Waals surface area (Å²) in [6.45, 7) is 1.95. The fraction of sp³-hybridized carbons (Fsp3) is 0.368. The van der Waals surface area contributed by atoms with Gasteiger partial charge in [0.1, 0.15) is 0 Å². The zero-order valence-electron chi connectivity index (χ0n) is 13.2. The molecule has 23 heavy (non-hydrogen) atoms. The number of ether oxygens (including phenoxy) is 1. The Hall–Kier alpha value is -1.71. The first-order chi connectivity index (χ1) is 11.2. The average Bonchev–Trinajstić information content (AvgIpc) is 2.57. The Morgan fingerprint density at radius 3 is 2.91 bits per heavy atom. The van der Waals surface area contributed by atoms with E-state index in [1.54, 1.807) is 7.11 Å². The van der Waals surface area contributed by atoms with E-state index in [9.17, 15) is 5.11 Å². The summed E-state index contributed by atoms with van der Waals surface area (Å²) in [4.78, 5) is 2.48. The minimum absolute atomic E-state index is 0.256. The first-order valence-corrected chi connectivity index (χ1v) is 8.59. The molecule has 1 atom stereocenters. The molecule has 2 aromatic rings. The van der Waals surface area contributed by atoms with Crippen molar-refractivity contribution in [1.82, 2.24) is 4.90 Å². The van der Waals surface area contributed by atoms with E-state index in [1.807, 2.05) is 6.07 Å². The highest BCUT2D eigenvalue weighted by atomic mass is 35.5. The second kappa shape index (κ2) is 5.73. The number of rotatable bonds is 3. The number of halogens is 1. The van der Waals surface area contributed by atoms with Crippen LogP contribution in [0, 0.1) is 0 Å². The van der Waals surface area contributed by atoms with Crippen LogP contribution < -0.4 is 4.74 Å². The molecule has 0 saturated carbocycles. The predicted molar refractivity (Wildman–Crippen MR) is 92.5 cm³/mol. The van der Waals surface area contributed by atoms with E-state index < -0.39 is 0 Å². The maximum Gasteiger partial charge on any atom is 0.165 e. The lowest BCUT2D eigenvalue weighted by Gasteiger charge is -2.41. The second-order valence-electron chi connectivity index (χ2n) is 6.22. The molecule has 2 aliphatic rings. The van der Waals surface area contributed by atoms with Crippen LogP contribution in [-0.2, 0) is 12.8 Å². The van der Waals surface area contributed by atoms with Crippen molar-refractivity contribution in [2.24, 2.45) is 0 Å². The number of hydrogen-bond acceptors (Lipinski definition) is 3. The van der Waals surface area contributed by atoms with E-state index in [0.29, 0.717) is 17.7 Å². The van der Waals surface area contributed by atoms with E-state index in [0.717, 1.165) is 37.1 Å². The van der Waals surface area contributed by atoms with E-state index in [4.69, 9.17) is 16.3 Å². The molecule has 0 bridgehead atoms. The third-order valence-corrected chi connectivity index (χ3v) is 5.31. The average molecular weight is 330 g/mol. The molecular weight excluding hydrogens is 310 g/mol. The van der Waals surface area contributed by atoms with Crippen molar-refractivity contribution < 1.29 is 9.84 Å². The zero-order chi connectivity index (χ0) is 16.0. The third kappa shape index (κ3) is 2.22. The van der Waals surface area contributed by atoms with Gasteiger partial charge in [0.15, 0.2) is 11.5 Å². The van der Waals surface area contributed by atoms with Gasteiger partial charge < -0.3 is 9.84 Å². The Bertz CT molecular complexity index is 759. The highest BCUT2D eigenvalue weighted by molar-refractivity contribution is 6.18. The maximum atomic E-state index is 10.7. The standard InChI is InChI=1S/C19H20ClNO2/c1-23-16-6-5-13-11-15-17-12(7-9-21(15)10-8-20)3-2-4-14(17)18(13)19(16)22/h2-6,15,22H,7-11H2,1H3/t15-/m0/s1. The molecule has 4 rings (SSSR count). The lowest BCUT2D eigenvalue weighted by atomic mass is 9.77. The normalized spacial score (nSPS) is 19.1. The molecule has 0 unspecified atom stereocenters. The minimum atomic E-state index is 0.256. The minimum Gasteiger partial charge on any atom is -0.504 e. The Morgan fingerprint density at radius 1 is 1.26 bits per heavy atom. The van der Waals surface area contributed by atoms with Gasteiger partial charge in [-0.15, -0.1) is 11.6 Å². The molecule has 1 N–H and O–H groups in total. The molecule has 1 heterocycles. The molecule has 0 radical (unpaired) electrons. The van der Waals surface area contributed by atoms with Gasteiger partial charge in [0.2, 0.25) is 0 Å². The number of phenols is 1. The van der Waals surface area contributed by atoms with E-state index in [-0.39, 0.29) is 5.75 Å². The number of alkyl halides is 1. The Balaban J connectivity index is 1.93. The molecule has 1 aliphatic carbocycles. The van der Waals surface area contributed by atoms with E-state index >= 15 is 0 Å². The third-order valence-electron chi connectivity index (χ3n) is 5.14. The summed E-state index contributed by atoms with van der Waals surface area (Å²) < 4.78 is 5.31. The Morgan fingerprint density at radius 2 is 2.13 bits per heavy atom. The maximum absolute atomic E-state index is 10.7. The Kier molecular flexibility index (Phi) is 3.70. The summed E-state index contributed by atoms with van der Waals surface area (Å²) in [7, 11) is 1.59. The lowest BCUT2D eigenvalue weighted by Crippen LogP contribution is -2.39. The molecular formula is C19H20ClNO2. The molecule has 120 valence electrons. The first kappa shape index (κ1) is 14.9. The van der Waals surface area contributed by atoms with Crippen LogP contribution in [0.4, 0.5) is 0 Å². The number of aromatic hydroxyl groups is 1. The van der Waals surface area contributed by atoms with Gasteiger partial charge in [0.25, 0.3) is 0 Å². The summed E-state index contributed by atoms with van der Waals surface area (Å²) in [5, 5.41) is 10.7. The summed E-state index contributed by atoms with van der Waals surface area (Å²) in [6, 6.07) is 10.7. The highest BCUT2D eigenvalue weighted by Crippen LogP contribution is 2.50. The smallest absolute Gasteiger partial charge is 0.165 e. The zero-order valence-corrected chi connectivity index (χ0v) is 13.9. The molecule has 4 heteroatoms. The second-order valence-corrected chi connectivity index (χ2v) is 6.60. The molecule has 0 saturated heterocycles.